The maximum atomic E-state index is 4.57. The van der Waals surface area contributed by atoms with Gasteiger partial charge in [-0.3, -0.25) is 4.90 Å². The molecule has 3 heteroatoms. The van der Waals surface area contributed by atoms with Crippen LogP contribution < -0.4 is 0 Å². The first-order valence-electron chi connectivity index (χ1n) is 7.07. The Morgan fingerprint density at radius 2 is 2.22 bits per heavy atom. The van der Waals surface area contributed by atoms with E-state index in [9.17, 15) is 0 Å². The molecule has 2 rings (SSSR count). The molecule has 1 aromatic rings. The number of piperidine rings is 1. The highest BCUT2D eigenvalue weighted by atomic mass is 32.2. The van der Waals surface area contributed by atoms with Crippen LogP contribution in [0.1, 0.15) is 51.6 Å². The Morgan fingerprint density at radius 3 is 2.83 bits per heavy atom. The number of hydrogen-bond acceptors (Lipinski definition) is 3. The molecule has 0 N–H and O–H groups in total. The normalized spacial score (nSPS) is 21.4. The second-order valence-electron chi connectivity index (χ2n) is 5.21. The van der Waals surface area contributed by atoms with Crippen molar-refractivity contribution in [1.29, 1.82) is 0 Å². The van der Waals surface area contributed by atoms with Gasteiger partial charge in [0.1, 0.15) is 0 Å². The van der Waals surface area contributed by atoms with Gasteiger partial charge in [-0.25, -0.2) is 4.98 Å². The molecule has 0 amide bonds. The first kappa shape index (κ1) is 13.9. The lowest BCUT2D eigenvalue weighted by molar-refractivity contribution is 0.112. The third-order valence-electron chi connectivity index (χ3n) is 3.64. The summed E-state index contributed by atoms with van der Waals surface area (Å²) in [4.78, 5) is 7.19. The highest BCUT2D eigenvalue weighted by Gasteiger charge is 2.25. The molecule has 1 fully saturated rings. The fourth-order valence-corrected chi connectivity index (χ4v) is 3.34. The minimum Gasteiger partial charge on any atom is -0.294 e. The molecule has 1 aliphatic heterocycles. The van der Waals surface area contributed by atoms with E-state index in [2.05, 4.69) is 49.0 Å². The molecular weight excluding hydrogens is 240 g/mol. The van der Waals surface area contributed by atoms with E-state index in [1.807, 2.05) is 11.8 Å². The summed E-state index contributed by atoms with van der Waals surface area (Å²) in [5, 5.41) is 1.15. The van der Waals surface area contributed by atoms with Gasteiger partial charge in [0.2, 0.25) is 0 Å². The van der Waals surface area contributed by atoms with Crippen LogP contribution in [-0.2, 0) is 0 Å². The zero-order valence-electron chi connectivity index (χ0n) is 11.7. The topological polar surface area (TPSA) is 16.1 Å². The molecule has 1 atom stereocenters. The first-order chi connectivity index (χ1) is 8.72. The van der Waals surface area contributed by atoms with Gasteiger partial charge in [-0.1, -0.05) is 19.4 Å². The predicted octanol–water partition coefficient (Wildman–Crippen LogP) is 4.13. The van der Waals surface area contributed by atoms with E-state index in [1.54, 1.807) is 0 Å². The molecule has 0 aliphatic carbocycles. The molecule has 100 valence electrons. The summed E-state index contributed by atoms with van der Waals surface area (Å²) >= 11 is 1.81. The minimum absolute atomic E-state index is 0.576. The maximum Gasteiger partial charge on any atom is 0.0959 e. The van der Waals surface area contributed by atoms with Crippen LogP contribution in [0.15, 0.2) is 23.4 Å². The molecule has 0 bridgehead atoms. The Morgan fingerprint density at radius 1 is 1.39 bits per heavy atom. The summed E-state index contributed by atoms with van der Waals surface area (Å²) < 4.78 is 0. The van der Waals surface area contributed by atoms with Crippen molar-refractivity contribution in [2.75, 3.05) is 12.3 Å². The average Bonchev–Trinajstić information content (AvgIpc) is 2.40. The van der Waals surface area contributed by atoms with Gasteiger partial charge >= 0.3 is 0 Å². The van der Waals surface area contributed by atoms with Crippen LogP contribution in [0, 0.1) is 0 Å². The summed E-state index contributed by atoms with van der Waals surface area (Å²) in [6.45, 7) is 8.00. The van der Waals surface area contributed by atoms with Gasteiger partial charge in [0.05, 0.1) is 5.03 Å². The van der Waals surface area contributed by atoms with Crippen molar-refractivity contribution in [1.82, 2.24) is 9.88 Å². The zero-order chi connectivity index (χ0) is 13.0. The summed E-state index contributed by atoms with van der Waals surface area (Å²) in [5.41, 5.74) is 1.39. The number of nitrogens with zero attached hydrogens (tertiary/aromatic N) is 2. The third kappa shape index (κ3) is 3.27. The lowest BCUT2D eigenvalue weighted by Gasteiger charge is -2.38. The quantitative estimate of drug-likeness (QED) is 0.761. The standard InChI is InChI=1S/C15H24N2S/c1-4-18-15-9-8-13(11-16-15)14-7-5-6-10-17(14)12(2)3/h8-9,11-12,14H,4-7,10H2,1-3H3/t14-/m0/s1. The van der Waals surface area contributed by atoms with E-state index < -0.39 is 0 Å². The number of pyridine rings is 1. The van der Waals surface area contributed by atoms with Crippen LogP contribution in [0.2, 0.25) is 0 Å². The highest BCUT2D eigenvalue weighted by Crippen LogP contribution is 2.32. The molecular formula is C15H24N2S. The molecule has 2 nitrogen and oxygen atoms in total. The highest BCUT2D eigenvalue weighted by molar-refractivity contribution is 7.99. The van der Waals surface area contributed by atoms with Crippen molar-refractivity contribution in [3.8, 4) is 0 Å². The van der Waals surface area contributed by atoms with Crippen LogP contribution in [0.5, 0.6) is 0 Å². The predicted molar refractivity (Wildman–Crippen MR) is 79.1 cm³/mol. The lowest BCUT2D eigenvalue weighted by Crippen LogP contribution is -2.38. The van der Waals surface area contributed by atoms with E-state index in [-0.39, 0.29) is 0 Å². The molecule has 0 radical (unpaired) electrons. The molecule has 1 aromatic heterocycles. The second-order valence-corrected chi connectivity index (χ2v) is 6.49. The Hall–Kier alpha value is -0.540. The Balaban J connectivity index is 2.12. The van der Waals surface area contributed by atoms with Gasteiger partial charge in [0.15, 0.2) is 0 Å². The maximum absolute atomic E-state index is 4.57. The summed E-state index contributed by atoms with van der Waals surface area (Å²) in [6.07, 6.45) is 6.05. The fraction of sp³-hybridized carbons (Fsp3) is 0.667. The van der Waals surface area contributed by atoms with Crippen molar-refractivity contribution in [2.45, 2.75) is 57.1 Å². The molecule has 0 saturated carbocycles. The van der Waals surface area contributed by atoms with E-state index in [0.29, 0.717) is 12.1 Å². The summed E-state index contributed by atoms with van der Waals surface area (Å²) in [5.74, 6) is 1.09. The van der Waals surface area contributed by atoms with Crippen molar-refractivity contribution in [3.63, 3.8) is 0 Å². The SMILES string of the molecule is CCSc1ccc([C@@H]2CCCCN2C(C)C)cn1. The lowest BCUT2D eigenvalue weighted by atomic mass is 9.95. The fourth-order valence-electron chi connectivity index (χ4n) is 2.75. The number of hydrogen-bond donors (Lipinski definition) is 0. The minimum atomic E-state index is 0.576. The van der Waals surface area contributed by atoms with Crippen LogP contribution in [0.3, 0.4) is 0 Å². The number of thioether (sulfide) groups is 1. The second kappa shape index (κ2) is 6.58. The molecule has 0 spiro atoms. The van der Waals surface area contributed by atoms with Gasteiger partial charge in [0, 0.05) is 18.3 Å². The van der Waals surface area contributed by atoms with Gasteiger partial charge in [-0.2, -0.15) is 0 Å². The summed E-state index contributed by atoms with van der Waals surface area (Å²) in [7, 11) is 0. The van der Waals surface area contributed by atoms with Crippen LogP contribution in [0.25, 0.3) is 0 Å². The van der Waals surface area contributed by atoms with Gasteiger partial charge in [-0.15, -0.1) is 11.8 Å². The van der Waals surface area contributed by atoms with Crippen molar-refractivity contribution >= 4 is 11.8 Å². The van der Waals surface area contributed by atoms with Crippen molar-refractivity contribution in [2.24, 2.45) is 0 Å². The number of rotatable bonds is 4. The molecule has 1 aliphatic rings. The van der Waals surface area contributed by atoms with Crippen LogP contribution >= 0.6 is 11.8 Å². The molecule has 0 aromatic carbocycles. The Bertz CT molecular complexity index is 361. The van der Waals surface area contributed by atoms with Crippen molar-refractivity contribution in [3.05, 3.63) is 23.9 Å². The third-order valence-corrected chi connectivity index (χ3v) is 4.47. The van der Waals surface area contributed by atoms with Gasteiger partial charge < -0.3 is 0 Å². The molecule has 1 saturated heterocycles. The average molecular weight is 264 g/mol. The number of aromatic nitrogens is 1. The first-order valence-corrected chi connectivity index (χ1v) is 8.05. The van der Waals surface area contributed by atoms with E-state index in [1.165, 1.54) is 31.4 Å². The molecule has 18 heavy (non-hydrogen) atoms. The molecule has 0 unspecified atom stereocenters. The van der Waals surface area contributed by atoms with E-state index >= 15 is 0 Å². The Labute approximate surface area is 115 Å². The summed E-state index contributed by atoms with van der Waals surface area (Å²) in [6, 6.07) is 5.65. The monoisotopic (exact) mass is 264 g/mol. The van der Waals surface area contributed by atoms with Crippen LogP contribution in [0.4, 0.5) is 0 Å². The van der Waals surface area contributed by atoms with Crippen LogP contribution in [-0.4, -0.2) is 28.2 Å². The van der Waals surface area contributed by atoms with Crippen molar-refractivity contribution < 1.29 is 0 Å². The zero-order valence-corrected chi connectivity index (χ0v) is 12.5. The van der Waals surface area contributed by atoms with E-state index in [4.69, 9.17) is 0 Å². The number of likely N-dealkylation sites (tertiary alicyclic amines) is 1. The molecule has 2 heterocycles. The Kier molecular flexibility index (Phi) is 5.07. The van der Waals surface area contributed by atoms with Gasteiger partial charge in [0.25, 0.3) is 0 Å². The largest absolute Gasteiger partial charge is 0.294 e. The smallest absolute Gasteiger partial charge is 0.0959 e. The van der Waals surface area contributed by atoms with Gasteiger partial charge in [-0.05, 0) is 50.6 Å². The van der Waals surface area contributed by atoms with E-state index in [0.717, 1.165) is 10.8 Å².